The molecule has 0 atom stereocenters. The van der Waals surface area contributed by atoms with Crippen LogP contribution >= 0.6 is 43.2 Å². The summed E-state index contributed by atoms with van der Waals surface area (Å²) in [6, 6.07) is 14.3. The second-order valence-corrected chi connectivity index (χ2v) is 8.20. The fourth-order valence-electron chi connectivity index (χ4n) is 2.76. The highest BCUT2D eigenvalue weighted by Crippen LogP contribution is 2.28. The van der Waals surface area contributed by atoms with Gasteiger partial charge in [-0.15, -0.1) is 11.3 Å². The lowest BCUT2D eigenvalue weighted by atomic mass is 10.2. The Morgan fingerprint density at radius 2 is 2.00 bits per heavy atom. The normalized spacial score (nSPS) is 12.5. The molecule has 0 unspecified atom stereocenters. The second kappa shape index (κ2) is 7.34. The molecule has 0 saturated carbocycles. The molecule has 4 rings (SSSR count). The minimum Gasteiger partial charge on any atom is -0.361 e. The van der Waals surface area contributed by atoms with Crippen molar-refractivity contribution in [2.45, 2.75) is 0 Å². The van der Waals surface area contributed by atoms with Crippen LogP contribution in [0.1, 0.15) is 5.56 Å². The van der Waals surface area contributed by atoms with Gasteiger partial charge < -0.3 is 4.98 Å². The van der Waals surface area contributed by atoms with Crippen molar-refractivity contribution in [3.8, 4) is 11.3 Å². The third kappa shape index (κ3) is 3.22. The van der Waals surface area contributed by atoms with Crippen molar-refractivity contribution < 1.29 is 0 Å². The zero-order valence-electron chi connectivity index (χ0n) is 13.8. The Morgan fingerprint density at radius 3 is 2.81 bits per heavy atom. The fourth-order valence-corrected chi connectivity index (χ4v) is 4.40. The SMILES string of the molecule is CN=c1scc(-c2ccccc2Br)n1N=Cc1c[nH]c2ccc(Br)cc12. The van der Waals surface area contributed by atoms with Crippen LogP contribution in [-0.4, -0.2) is 22.9 Å². The first-order chi connectivity index (χ1) is 12.7. The van der Waals surface area contributed by atoms with E-state index in [4.69, 9.17) is 5.10 Å². The average Bonchev–Trinajstić information content (AvgIpc) is 3.23. The Kier molecular flexibility index (Phi) is 4.93. The van der Waals surface area contributed by atoms with Gasteiger partial charge in [-0.05, 0) is 24.3 Å². The first kappa shape index (κ1) is 17.5. The number of halogens is 2. The second-order valence-electron chi connectivity index (χ2n) is 5.60. The zero-order valence-corrected chi connectivity index (χ0v) is 17.8. The summed E-state index contributed by atoms with van der Waals surface area (Å²) in [6.07, 6.45) is 3.83. The van der Waals surface area contributed by atoms with E-state index in [1.807, 2.05) is 47.4 Å². The minimum absolute atomic E-state index is 0.841. The maximum absolute atomic E-state index is 4.73. The first-order valence-electron chi connectivity index (χ1n) is 7.86. The lowest BCUT2D eigenvalue weighted by Gasteiger charge is -2.05. The highest BCUT2D eigenvalue weighted by atomic mass is 79.9. The number of H-pyrrole nitrogens is 1. The topological polar surface area (TPSA) is 45.4 Å². The summed E-state index contributed by atoms with van der Waals surface area (Å²) in [5.74, 6) is 0. The van der Waals surface area contributed by atoms with Gasteiger partial charge in [0, 0.05) is 49.6 Å². The Balaban J connectivity index is 1.83. The van der Waals surface area contributed by atoms with Gasteiger partial charge in [-0.1, -0.05) is 50.1 Å². The summed E-state index contributed by atoms with van der Waals surface area (Å²) in [6.45, 7) is 0. The van der Waals surface area contributed by atoms with Crippen LogP contribution in [0.4, 0.5) is 0 Å². The van der Waals surface area contributed by atoms with Gasteiger partial charge >= 0.3 is 0 Å². The van der Waals surface area contributed by atoms with Crippen LogP contribution in [0.5, 0.6) is 0 Å². The van der Waals surface area contributed by atoms with Crippen LogP contribution in [-0.2, 0) is 0 Å². The molecule has 7 heteroatoms. The summed E-state index contributed by atoms with van der Waals surface area (Å²) >= 11 is 8.73. The number of nitrogens with zero attached hydrogens (tertiary/aromatic N) is 3. The summed E-state index contributed by atoms with van der Waals surface area (Å²) in [7, 11) is 1.78. The summed E-state index contributed by atoms with van der Waals surface area (Å²) in [5.41, 5.74) is 4.19. The third-order valence-electron chi connectivity index (χ3n) is 4.01. The molecule has 26 heavy (non-hydrogen) atoms. The number of fused-ring (bicyclic) bond motifs is 1. The summed E-state index contributed by atoms with van der Waals surface area (Å²) < 4.78 is 3.95. The van der Waals surface area contributed by atoms with Gasteiger partial charge in [-0.25, -0.2) is 4.68 Å². The van der Waals surface area contributed by atoms with Crippen molar-refractivity contribution in [3.05, 3.63) is 73.4 Å². The molecule has 0 aliphatic heterocycles. The maximum Gasteiger partial charge on any atom is 0.205 e. The van der Waals surface area contributed by atoms with Crippen LogP contribution in [0.15, 0.2) is 73.1 Å². The Bertz CT molecular complexity index is 1180. The highest BCUT2D eigenvalue weighted by Gasteiger charge is 2.10. The van der Waals surface area contributed by atoms with Gasteiger partial charge in [-0.3, -0.25) is 4.99 Å². The van der Waals surface area contributed by atoms with E-state index in [0.29, 0.717) is 0 Å². The molecule has 130 valence electrons. The summed E-state index contributed by atoms with van der Waals surface area (Å²) in [4.78, 5) is 8.48. The number of aromatic nitrogens is 2. The van der Waals surface area contributed by atoms with E-state index in [1.165, 1.54) is 0 Å². The van der Waals surface area contributed by atoms with Gasteiger partial charge in [-0.2, -0.15) is 5.10 Å². The Labute approximate surface area is 171 Å². The maximum atomic E-state index is 4.73. The molecular formula is C19H14Br2N4S. The third-order valence-corrected chi connectivity index (χ3v) is 6.11. The van der Waals surface area contributed by atoms with Crippen LogP contribution in [0.2, 0.25) is 0 Å². The van der Waals surface area contributed by atoms with Crippen LogP contribution in [0.25, 0.3) is 22.2 Å². The molecule has 2 aromatic carbocycles. The van der Waals surface area contributed by atoms with Crippen LogP contribution in [0.3, 0.4) is 0 Å². The number of rotatable bonds is 3. The first-order valence-corrected chi connectivity index (χ1v) is 10.3. The van der Waals surface area contributed by atoms with Gasteiger partial charge in [0.2, 0.25) is 4.80 Å². The highest BCUT2D eigenvalue weighted by molar-refractivity contribution is 9.10. The monoisotopic (exact) mass is 488 g/mol. The van der Waals surface area contributed by atoms with Gasteiger partial charge in [0.25, 0.3) is 0 Å². The quantitative estimate of drug-likeness (QED) is 0.362. The van der Waals surface area contributed by atoms with Gasteiger partial charge in [0.05, 0.1) is 11.9 Å². The molecule has 0 fully saturated rings. The molecule has 0 aliphatic rings. The lowest BCUT2D eigenvalue weighted by Crippen LogP contribution is -2.11. The zero-order chi connectivity index (χ0) is 18.1. The predicted octanol–water partition coefficient (Wildman–Crippen LogP) is 5.64. The van der Waals surface area contributed by atoms with E-state index in [2.05, 4.69) is 59.3 Å². The molecule has 0 aliphatic carbocycles. The van der Waals surface area contributed by atoms with Crippen molar-refractivity contribution in [2.75, 3.05) is 7.05 Å². The standard InChI is InChI=1S/C19H14Br2N4S/c1-22-19-25(18(11-26-19)14-4-2-3-5-16(14)21)24-10-12-9-23-17-7-6-13(20)8-15(12)17/h2-11,23H,1H3. The van der Waals surface area contributed by atoms with E-state index in [-0.39, 0.29) is 0 Å². The molecular weight excluding hydrogens is 476 g/mol. The van der Waals surface area contributed by atoms with Crippen molar-refractivity contribution in [1.29, 1.82) is 0 Å². The smallest absolute Gasteiger partial charge is 0.205 e. The number of benzene rings is 2. The number of aromatic amines is 1. The van der Waals surface area contributed by atoms with Crippen molar-refractivity contribution in [2.24, 2.45) is 10.1 Å². The predicted molar refractivity (Wildman–Crippen MR) is 116 cm³/mol. The van der Waals surface area contributed by atoms with Crippen molar-refractivity contribution >= 4 is 60.3 Å². The van der Waals surface area contributed by atoms with E-state index >= 15 is 0 Å². The molecule has 0 bridgehead atoms. The number of nitrogens with one attached hydrogen (secondary N) is 1. The van der Waals surface area contributed by atoms with Crippen molar-refractivity contribution in [1.82, 2.24) is 9.66 Å². The number of hydrogen-bond acceptors (Lipinski definition) is 3. The number of hydrogen-bond donors (Lipinski definition) is 1. The molecule has 0 saturated heterocycles. The van der Waals surface area contributed by atoms with Crippen LogP contribution in [0, 0.1) is 0 Å². The molecule has 2 aromatic heterocycles. The molecule has 4 nitrogen and oxygen atoms in total. The molecule has 0 amide bonds. The van der Waals surface area contributed by atoms with E-state index in [1.54, 1.807) is 18.4 Å². The largest absolute Gasteiger partial charge is 0.361 e. The van der Waals surface area contributed by atoms with Crippen LogP contribution < -0.4 is 4.80 Å². The fraction of sp³-hybridized carbons (Fsp3) is 0.0526. The molecule has 0 spiro atoms. The van der Waals surface area contributed by atoms with Crippen molar-refractivity contribution in [3.63, 3.8) is 0 Å². The van der Waals surface area contributed by atoms with Gasteiger partial charge in [0.1, 0.15) is 0 Å². The lowest BCUT2D eigenvalue weighted by molar-refractivity contribution is 0.848. The van der Waals surface area contributed by atoms with E-state index in [9.17, 15) is 0 Å². The van der Waals surface area contributed by atoms with E-state index < -0.39 is 0 Å². The Hall–Kier alpha value is -1.96. The molecule has 1 N–H and O–H groups in total. The van der Waals surface area contributed by atoms with E-state index in [0.717, 1.165) is 41.5 Å². The summed E-state index contributed by atoms with van der Waals surface area (Å²) in [5, 5.41) is 7.93. The molecule has 4 aromatic rings. The number of thiazole rings is 1. The molecule has 0 radical (unpaired) electrons. The van der Waals surface area contributed by atoms with Gasteiger partial charge in [0.15, 0.2) is 0 Å². The molecule has 2 heterocycles. The Morgan fingerprint density at radius 1 is 1.15 bits per heavy atom. The minimum atomic E-state index is 0.841. The average molecular weight is 490 g/mol.